The van der Waals surface area contributed by atoms with Gasteiger partial charge in [0.15, 0.2) is 0 Å². The third-order valence-electron chi connectivity index (χ3n) is 2.53. The van der Waals surface area contributed by atoms with E-state index >= 15 is 0 Å². The summed E-state index contributed by atoms with van der Waals surface area (Å²) >= 11 is 0. The van der Waals surface area contributed by atoms with Gasteiger partial charge >= 0.3 is 0 Å². The Morgan fingerprint density at radius 1 is 1.12 bits per heavy atom. The molecule has 0 atom stereocenters. The molecular formula is C13H10N3. The van der Waals surface area contributed by atoms with Crippen molar-refractivity contribution in [1.29, 1.82) is 0 Å². The zero-order valence-corrected chi connectivity index (χ0v) is 8.67. The molecule has 3 nitrogen and oxygen atoms in total. The van der Waals surface area contributed by atoms with Gasteiger partial charge in [0.05, 0.1) is 12.1 Å². The molecule has 1 radical (unpaired) electrons. The number of rotatable bonds is 2. The van der Waals surface area contributed by atoms with Crippen LogP contribution in [0, 0.1) is 6.20 Å². The summed E-state index contributed by atoms with van der Waals surface area (Å²) in [6.07, 6.45) is 6.63. The molecular weight excluding hydrogens is 198 g/mol. The van der Waals surface area contributed by atoms with Crippen molar-refractivity contribution in [3.63, 3.8) is 0 Å². The Hall–Kier alpha value is -2.16. The summed E-state index contributed by atoms with van der Waals surface area (Å²) in [6, 6.07) is 12.1. The first-order valence-corrected chi connectivity index (χ1v) is 5.15. The molecule has 2 heterocycles. The molecule has 0 aliphatic heterocycles. The van der Waals surface area contributed by atoms with Gasteiger partial charge in [-0.3, -0.25) is 9.67 Å². The van der Waals surface area contributed by atoms with Crippen LogP contribution in [-0.4, -0.2) is 14.8 Å². The van der Waals surface area contributed by atoms with Gasteiger partial charge in [-0.2, -0.15) is 5.10 Å². The van der Waals surface area contributed by atoms with Crippen LogP contribution in [0.3, 0.4) is 0 Å². The number of pyridine rings is 1. The first kappa shape index (κ1) is 9.09. The van der Waals surface area contributed by atoms with Crippen molar-refractivity contribution in [3.8, 4) is 0 Å². The molecule has 77 valence electrons. The van der Waals surface area contributed by atoms with Crippen molar-refractivity contribution in [2.45, 2.75) is 6.54 Å². The number of nitrogens with zero attached hydrogens (tertiary/aromatic N) is 3. The van der Waals surface area contributed by atoms with Gasteiger partial charge in [0.2, 0.25) is 0 Å². The molecule has 0 N–H and O–H groups in total. The quantitative estimate of drug-likeness (QED) is 0.646. The number of para-hydroxylation sites is 1. The average Bonchev–Trinajstić information content (AvgIpc) is 2.74. The molecule has 1 aromatic carbocycles. The number of hydrogen-bond acceptors (Lipinski definition) is 2. The van der Waals surface area contributed by atoms with Crippen LogP contribution in [0.25, 0.3) is 10.9 Å². The minimum Gasteiger partial charge on any atom is -0.264 e. The normalized spacial score (nSPS) is 10.8. The van der Waals surface area contributed by atoms with Gasteiger partial charge in [0.25, 0.3) is 0 Å². The minimum atomic E-state index is 0.734. The third kappa shape index (κ3) is 1.56. The summed E-state index contributed by atoms with van der Waals surface area (Å²) < 4.78 is 1.94. The van der Waals surface area contributed by atoms with Crippen LogP contribution in [-0.2, 0) is 6.54 Å². The molecule has 0 aliphatic rings. The van der Waals surface area contributed by atoms with Gasteiger partial charge in [0.1, 0.15) is 6.20 Å². The summed E-state index contributed by atoms with van der Waals surface area (Å²) in [5.41, 5.74) is 2.25. The first-order valence-electron chi connectivity index (χ1n) is 5.15. The summed E-state index contributed by atoms with van der Waals surface area (Å²) in [4.78, 5) is 4.09. The molecule has 2 aromatic heterocycles. The van der Waals surface area contributed by atoms with E-state index in [1.165, 1.54) is 0 Å². The van der Waals surface area contributed by atoms with Gasteiger partial charge in [-0.15, -0.1) is 0 Å². The second-order valence-electron chi connectivity index (χ2n) is 3.65. The van der Waals surface area contributed by atoms with Crippen molar-refractivity contribution >= 4 is 10.9 Å². The smallest absolute Gasteiger partial charge is 0.121 e. The van der Waals surface area contributed by atoms with Crippen molar-refractivity contribution in [2.24, 2.45) is 0 Å². The van der Waals surface area contributed by atoms with Crippen LogP contribution in [0.1, 0.15) is 5.56 Å². The van der Waals surface area contributed by atoms with Crippen molar-refractivity contribution in [3.05, 3.63) is 60.6 Å². The van der Waals surface area contributed by atoms with E-state index in [4.69, 9.17) is 0 Å². The Morgan fingerprint density at radius 2 is 2.06 bits per heavy atom. The molecule has 0 unspecified atom stereocenters. The number of fused-ring (bicyclic) bond motifs is 1. The second kappa shape index (κ2) is 3.77. The molecule has 0 spiro atoms. The largest absolute Gasteiger partial charge is 0.264 e. The number of aromatic nitrogens is 3. The lowest BCUT2D eigenvalue weighted by Crippen LogP contribution is -2.01. The van der Waals surface area contributed by atoms with Gasteiger partial charge in [-0.1, -0.05) is 24.3 Å². The highest BCUT2D eigenvalue weighted by Gasteiger charge is 2.02. The molecule has 0 saturated heterocycles. The fourth-order valence-electron chi connectivity index (χ4n) is 1.75. The topological polar surface area (TPSA) is 30.7 Å². The molecule has 3 aromatic rings. The number of hydrogen-bond donors (Lipinski definition) is 0. The highest BCUT2D eigenvalue weighted by atomic mass is 15.3. The van der Waals surface area contributed by atoms with Crippen molar-refractivity contribution in [1.82, 2.24) is 14.8 Å². The van der Waals surface area contributed by atoms with Gasteiger partial charge in [-0.05, 0) is 17.7 Å². The minimum absolute atomic E-state index is 0.734. The van der Waals surface area contributed by atoms with E-state index in [-0.39, 0.29) is 0 Å². The van der Waals surface area contributed by atoms with E-state index in [1.807, 2.05) is 41.2 Å². The van der Waals surface area contributed by atoms with E-state index in [9.17, 15) is 0 Å². The van der Waals surface area contributed by atoms with Crippen LogP contribution < -0.4 is 0 Å². The highest BCUT2D eigenvalue weighted by Crippen LogP contribution is 2.13. The van der Waals surface area contributed by atoms with Gasteiger partial charge in [0, 0.05) is 17.8 Å². The maximum atomic E-state index is 4.25. The lowest BCUT2D eigenvalue weighted by Gasteiger charge is -2.02. The predicted molar refractivity (Wildman–Crippen MR) is 61.9 cm³/mol. The summed E-state index contributed by atoms with van der Waals surface area (Å²) in [5.74, 6) is 0. The molecule has 0 fully saturated rings. The van der Waals surface area contributed by atoms with Gasteiger partial charge in [-0.25, -0.2) is 0 Å². The van der Waals surface area contributed by atoms with Crippen molar-refractivity contribution < 1.29 is 0 Å². The SMILES string of the molecule is [c]1nn(Cc2cccnc2)c2ccccc12. The van der Waals surface area contributed by atoms with Crippen LogP contribution in [0.15, 0.2) is 48.8 Å². The maximum Gasteiger partial charge on any atom is 0.121 e. The Bertz CT molecular complexity index is 599. The number of benzene rings is 1. The molecule has 0 aliphatic carbocycles. The lowest BCUT2D eigenvalue weighted by atomic mass is 10.2. The first-order chi connectivity index (χ1) is 7.93. The van der Waals surface area contributed by atoms with Crippen LogP contribution in [0.5, 0.6) is 0 Å². The molecule has 0 amide bonds. The molecule has 0 bridgehead atoms. The van der Waals surface area contributed by atoms with Crippen LogP contribution in [0.2, 0.25) is 0 Å². The van der Waals surface area contributed by atoms with Gasteiger partial charge < -0.3 is 0 Å². The molecule has 3 rings (SSSR count). The fourth-order valence-corrected chi connectivity index (χ4v) is 1.75. The van der Waals surface area contributed by atoms with Crippen LogP contribution in [0.4, 0.5) is 0 Å². The van der Waals surface area contributed by atoms with Crippen LogP contribution >= 0.6 is 0 Å². The van der Waals surface area contributed by atoms with E-state index in [1.54, 1.807) is 6.20 Å². The van der Waals surface area contributed by atoms with E-state index in [2.05, 4.69) is 22.3 Å². The molecule has 16 heavy (non-hydrogen) atoms. The summed E-state index contributed by atoms with van der Waals surface area (Å²) in [7, 11) is 0. The summed E-state index contributed by atoms with van der Waals surface area (Å²) in [5, 5.41) is 5.30. The zero-order chi connectivity index (χ0) is 10.8. The van der Waals surface area contributed by atoms with E-state index in [0.29, 0.717) is 0 Å². The predicted octanol–water partition coefficient (Wildman–Crippen LogP) is 2.28. The second-order valence-corrected chi connectivity index (χ2v) is 3.65. The van der Waals surface area contributed by atoms with E-state index < -0.39 is 0 Å². The molecule has 0 saturated carbocycles. The standard InChI is InChI=1S/C13H10N3/c1-2-6-13-12(5-1)9-15-16(13)10-11-4-3-7-14-8-11/h1-8H,10H2. The maximum absolute atomic E-state index is 4.25. The Labute approximate surface area is 93.4 Å². The summed E-state index contributed by atoms with van der Waals surface area (Å²) in [6.45, 7) is 0.734. The fraction of sp³-hybridized carbons (Fsp3) is 0.0769. The Morgan fingerprint density at radius 3 is 2.94 bits per heavy atom. The zero-order valence-electron chi connectivity index (χ0n) is 8.67. The van der Waals surface area contributed by atoms with Crippen molar-refractivity contribution in [2.75, 3.05) is 0 Å². The third-order valence-corrected chi connectivity index (χ3v) is 2.53. The average molecular weight is 208 g/mol. The lowest BCUT2D eigenvalue weighted by molar-refractivity contribution is 0.708. The highest BCUT2D eigenvalue weighted by molar-refractivity contribution is 5.77. The Balaban J connectivity index is 2.01. The Kier molecular flexibility index (Phi) is 2.14. The molecule has 3 heteroatoms. The van der Waals surface area contributed by atoms with E-state index in [0.717, 1.165) is 23.0 Å². The monoisotopic (exact) mass is 208 g/mol.